The smallest absolute Gasteiger partial charge is 0.252 e. The van der Waals surface area contributed by atoms with Crippen LogP contribution in [0.25, 0.3) is 0 Å². The van der Waals surface area contributed by atoms with Gasteiger partial charge in [0.05, 0.1) is 18.8 Å². The molecule has 0 bridgehead atoms. The summed E-state index contributed by atoms with van der Waals surface area (Å²) in [5.41, 5.74) is 0.559. The molecule has 0 aromatic carbocycles. The Bertz CT molecular complexity index is 456. The first-order valence-corrected chi connectivity index (χ1v) is 7.78. The van der Waals surface area contributed by atoms with Crippen molar-refractivity contribution >= 4 is 5.91 Å². The van der Waals surface area contributed by atoms with Crippen molar-refractivity contribution in [2.75, 3.05) is 40.4 Å². The minimum absolute atomic E-state index is 0.0936. The summed E-state index contributed by atoms with van der Waals surface area (Å²) < 4.78 is 11.1. The van der Waals surface area contributed by atoms with Crippen LogP contribution in [0.2, 0.25) is 0 Å². The number of aromatic nitrogens is 1. The molecule has 1 aliphatic rings. The van der Waals surface area contributed by atoms with Crippen LogP contribution < -0.4 is 10.1 Å². The van der Waals surface area contributed by atoms with E-state index in [0.29, 0.717) is 18.0 Å². The van der Waals surface area contributed by atoms with Crippen LogP contribution in [0.4, 0.5) is 0 Å². The van der Waals surface area contributed by atoms with Gasteiger partial charge in [0, 0.05) is 31.6 Å². The molecule has 6 heteroatoms. The third-order valence-corrected chi connectivity index (χ3v) is 3.52. The Labute approximate surface area is 131 Å². The maximum Gasteiger partial charge on any atom is 0.252 e. The standard InChI is InChI=1S/C16H25N3O3/c1-19(2)9-3-8-17-16(20)13-4-5-15(18-12-13)22-14-6-10-21-11-7-14/h4-5,12,14H,3,6-11H2,1-2H3,(H,17,20). The van der Waals surface area contributed by atoms with E-state index in [4.69, 9.17) is 9.47 Å². The molecule has 0 aliphatic carbocycles. The van der Waals surface area contributed by atoms with Gasteiger partial charge in [-0.2, -0.15) is 0 Å². The minimum atomic E-state index is -0.0936. The van der Waals surface area contributed by atoms with Crippen molar-refractivity contribution in [3.8, 4) is 5.88 Å². The summed E-state index contributed by atoms with van der Waals surface area (Å²) in [5.74, 6) is 0.472. The Morgan fingerprint density at radius 3 is 2.82 bits per heavy atom. The number of nitrogens with zero attached hydrogens (tertiary/aromatic N) is 2. The molecule has 2 heterocycles. The predicted molar refractivity (Wildman–Crippen MR) is 84.2 cm³/mol. The number of carbonyl (C=O) groups is 1. The van der Waals surface area contributed by atoms with Gasteiger partial charge in [-0.1, -0.05) is 0 Å². The summed E-state index contributed by atoms with van der Waals surface area (Å²) in [6.45, 7) is 3.09. The number of ether oxygens (including phenoxy) is 2. The number of pyridine rings is 1. The fourth-order valence-electron chi connectivity index (χ4n) is 2.25. The molecule has 1 N–H and O–H groups in total. The molecular formula is C16H25N3O3. The molecular weight excluding hydrogens is 282 g/mol. The van der Waals surface area contributed by atoms with Crippen LogP contribution >= 0.6 is 0 Å². The number of nitrogens with one attached hydrogen (secondary N) is 1. The Morgan fingerprint density at radius 2 is 2.18 bits per heavy atom. The summed E-state index contributed by atoms with van der Waals surface area (Å²) in [5, 5.41) is 2.89. The molecule has 0 radical (unpaired) electrons. The molecule has 1 fully saturated rings. The van der Waals surface area contributed by atoms with E-state index in [0.717, 1.165) is 39.0 Å². The first-order chi connectivity index (χ1) is 10.6. The maximum absolute atomic E-state index is 12.0. The lowest BCUT2D eigenvalue weighted by atomic mass is 10.1. The zero-order chi connectivity index (χ0) is 15.8. The van der Waals surface area contributed by atoms with Gasteiger partial charge in [-0.05, 0) is 33.1 Å². The second-order valence-corrected chi connectivity index (χ2v) is 5.73. The van der Waals surface area contributed by atoms with E-state index < -0.39 is 0 Å². The van der Waals surface area contributed by atoms with Gasteiger partial charge in [0.25, 0.3) is 5.91 Å². The molecule has 0 spiro atoms. The normalized spacial score (nSPS) is 15.8. The third kappa shape index (κ3) is 5.61. The van der Waals surface area contributed by atoms with Crippen LogP contribution in [0.5, 0.6) is 5.88 Å². The Kier molecular flexibility index (Phi) is 6.61. The van der Waals surface area contributed by atoms with E-state index in [-0.39, 0.29) is 12.0 Å². The SMILES string of the molecule is CN(C)CCCNC(=O)c1ccc(OC2CCOCC2)nc1. The first kappa shape index (κ1) is 16.7. The van der Waals surface area contributed by atoms with E-state index in [9.17, 15) is 4.79 Å². The van der Waals surface area contributed by atoms with Gasteiger partial charge in [0.15, 0.2) is 0 Å². The Hall–Kier alpha value is -1.66. The molecule has 22 heavy (non-hydrogen) atoms. The zero-order valence-corrected chi connectivity index (χ0v) is 13.4. The number of carbonyl (C=O) groups excluding carboxylic acids is 1. The first-order valence-electron chi connectivity index (χ1n) is 7.78. The van der Waals surface area contributed by atoms with E-state index in [1.807, 2.05) is 14.1 Å². The van der Waals surface area contributed by atoms with Crippen LogP contribution in [0.15, 0.2) is 18.3 Å². The van der Waals surface area contributed by atoms with E-state index >= 15 is 0 Å². The summed E-state index contributed by atoms with van der Waals surface area (Å²) in [6.07, 6.45) is 4.42. The van der Waals surface area contributed by atoms with Gasteiger partial charge < -0.3 is 19.7 Å². The fourth-order valence-corrected chi connectivity index (χ4v) is 2.25. The molecule has 122 valence electrons. The highest BCUT2D eigenvalue weighted by atomic mass is 16.5. The highest BCUT2D eigenvalue weighted by Gasteiger charge is 2.16. The maximum atomic E-state index is 12.0. The number of hydrogen-bond acceptors (Lipinski definition) is 5. The summed E-state index contributed by atoms with van der Waals surface area (Å²) in [6, 6.07) is 3.51. The number of amides is 1. The lowest BCUT2D eigenvalue weighted by Crippen LogP contribution is -2.27. The molecule has 1 aromatic rings. The van der Waals surface area contributed by atoms with Crippen molar-refractivity contribution in [3.05, 3.63) is 23.9 Å². The summed E-state index contributed by atoms with van der Waals surface area (Å²) >= 11 is 0. The molecule has 1 amide bonds. The van der Waals surface area contributed by atoms with Crippen LogP contribution in [-0.2, 0) is 4.74 Å². The van der Waals surface area contributed by atoms with Gasteiger partial charge in [0.1, 0.15) is 6.10 Å². The second-order valence-electron chi connectivity index (χ2n) is 5.73. The van der Waals surface area contributed by atoms with Crippen molar-refractivity contribution in [2.24, 2.45) is 0 Å². The highest BCUT2D eigenvalue weighted by molar-refractivity contribution is 5.93. The molecule has 0 atom stereocenters. The number of hydrogen-bond donors (Lipinski definition) is 1. The zero-order valence-electron chi connectivity index (χ0n) is 13.4. The van der Waals surface area contributed by atoms with Gasteiger partial charge in [-0.25, -0.2) is 4.98 Å². The largest absolute Gasteiger partial charge is 0.474 e. The van der Waals surface area contributed by atoms with Crippen molar-refractivity contribution in [2.45, 2.75) is 25.4 Å². The molecule has 2 rings (SSSR count). The van der Waals surface area contributed by atoms with Crippen LogP contribution in [-0.4, -0.2) is 62.3 Å². The average Bonchev–Trinajstić information content (AvgIpc) is 2.53. The Morgan fingerprint density at radius 1 is 1.41 bits per heavy atom. The van der Waals surface area contributed by atoms with Gasteiger partial charge >= 0.3 is 0 Å². The lowest BCUT2D eigenvalue weighted by Gasteiger charge is -2.22. The van der Waals surface area contributed by atoms with Crippen LogP contribution in [0.1, 0.15) is 29.6 Å². The Balaban J connectivity index is 1.76. The van der Waals surface area contributed by atoms with Gasteiger partial charge in [-0.3, -0.25) is 4.79 Å². The van der Waals surface area contributed by atoms with E-state index in [1.54, 1.807) is 18.3 Å². The van der Waals surface area contributed by atoms with Crippen LogP contribution in [0.3, 0.4) is 0 Å². The van der Waals surface area contributed by atoms with Gasteiger partial charge in [0.2, 0.25) is 5.88 Å². The average molecular weight is 307 g/mol. The van der Waals surface area contributed by atoms with Crippen molar-refractivity contribution in [1.82, 2.24) is 15.2 Å². The monoisotopic (exact) mass is 307 g/mol. The quantitative estimate of drug-likeness (QED) is 0.770. The predicted octanol–water partition coefficient (Wildman–Crippen LogP) is 1.32. The molecule has 6 nitrogen and oxygen atoms in total. The molecule has 1 saturated heterocycles. The topological polar surface area (TPSA) is 63.7 Å². The van der Waals surface area contributed by atoms with E-state index in [2.05, 4.69) is 15.2 Å². The third-order valence-electron chi connectivity index (χ3n) is 3.52. The van der Waals surface area contributed by atoms with Crippen LogP contribution in [0, 0.1) is 0 Å². The summed E-state index contributed by atoms with van der Waals surface area (Å²) in [7, 11) is 4.03. The van der Waals surface area contributed by atoms with Crippen molar-refractivity contribution in [3.63, 3.8) is 0 Å². The fraction of sp³-hybridized carbons (Fsp3) is 0.625. The molecule has 1 aromatic heterocycles. The number of rotatable bonds is 7. The molecule has 1 aliphatic heterocycles. The second kappa shape index (κ2) is 8.70. The van der Waals surface area contributed by atoms with E-state index in [1.165, 1.54) is 0 Å². The highest BCUT2D eigenvalue weighted by Crippen LogP contribution is 2.15. The molecule has 0 unspecified atom stereocenters. The lowest BCUT2D eigenvalue weighted by molar-refractivity contribution is 0.0237. The van der Waals surface area contributed by atoms with Crippen molar-refractivity contribution in [1.29, 1.82) is 0 Å². The molecule has 0 saturated carbocycles. The summed E-state index contributed by atoms with van der Waals surface area (Å²) in [4.78, 5) is 18.3. The van der Waals surface area contributed by atoms with Gasteiger partial charge in [-0.15, -0.1) is 0 Å². The minimum Gasteiger partial charge on any atom is -0.474 e. The van der Waals surface area contributed by atoms with Crippen molar-refractivity contribution < 1.29 is 14.3 Å².